The van der Waals surface area contributed by atoms with Gasteiger partial charge in [-0.1, -0.05) is 36.4 Å². The number of carbonyl (C=O) groups is 2. The van der Waals surface area contributed by atoms with Crippen LogP contribution in [0.15, 0.2) is 66.9 Å². The van der Waals surface area contributed by atoms with Crippen LogP contribution in [0.4, 0.5) is 5.82 Å². The van der Waals surface area contributed by atoms with E-state index < -0.39 is 0 Å². The molecule has 1 unspecified atom stereocenters. The summed E-state index contributed by atoms with van der Waals surface area (Å²) in [6.45, 7) is 3.31. The minimum Gasteiger partial charge on any atom is -0.466 e. The summed E-state index contributed by atoms with van der Waals surface area (Å²) < 4.78 is 5.21. The maximum atomic E-state index is 12.7. The SMILES string of the molecule is CCOC(=O)CC1Cc2ccc(C(=O)NCCNc3ccccn3)cc2Cc2ccccc21. The molecule has 0 saturated heterocycles. The summed E-state index contributed by atoms with van der Waals surface area (Å²) in [4.78, 5) is 29.2. The molecule has 0 bridgehead atoms. The highest BCUT2D eigenvalue weighted by Crippen LogP contribution is 2.34. The first-order chi connectivity index (χ1) is 16.1. The Kier molecular flexibility index (Phi) is 7.35. The van der Waals surface area contributed by atoms with Crippen molar-refractivity contribution in [2.24, 2.45) is 0 Å². The number of hydrogen-bond donors (Lipinski definition) is 2. The molecule has 2 N–H and O–H groups in total. The summed E-state index contributed by atoms with van der Waals surface area (Å²) in [5.74, 6) is 0.587. The number of nitrogens with one attached hydrogen (secondary N) is 2. The predicted octanol–water partition coefficient (Wildman–Crippen LogP) is 4.11. The summed E-state index contributed by atoms with van der Waals surface area (Å²) in [5.41, 5.74) is 5.34. The second-order valence-electron chi connectivity index (χ2n) is 8.17. The second kappa shape index (κ2) is 10.8. The zero-order valence-corrected chi connectivity index (χ0v) is 18.8. The normalized spacial score (nSPS) is 14.4. The number of amides is 1. The van der Waals surface area contributed by atoms with E-state index in [1.807, 2.05) is 55.5 Å². The van der Waals surface area contributed by atoms with Gasteiger partial charge in [-0.3, -0.25) is 9.59 Å². The Morgan fingerprint density at radius 1 is 1.00 bits per heavy atom. The van der Waals surface area contributed by atoms with E-state index in [4.69, 9.17) is 4.74 Å². The third kappa shape index (κ3) is 5.77. The predicted molar refractivity (Wildman–Crippen MR) is 128 cm³/mol. The highest BCUT2D eigenvalue weighted by molar-refractivity contribution is 5.94. The van der Waals surface area contributed by atoms with Gasteiger partial charge in [-0.25, -0.2) is 4.98 Å². The van der Waals surface area contributed by atoms with Crippen molar-refractivity contribution in [2.75, 3.05) is 25.0 Å². The van der Waals surface area contributed by atoms with Gasteiger partial charge in [0.05, 0.1) is 13.0 Å². The standard InChI is InChI=1S/C27H29N3O3/c1-2-33-26(31)18-23-15-19-10-11-21(17-22(19)16-20-7-3-4-8-24(20)23)27(32)30-14-13-29-25-9-5-6-12-28-25/h3-12,17,23H,2,13-16,18H2,1H3,(H,28,29)(H,30,32). The third-order valence-electron chi connectivity index (χ3n) is 5.91. The van der Waals surface area contributed by atoms with Crippen LogP contribution in [0.2, 0.25) is 0 Å². The Balaban J connectivity index is 1.45. The van der Waals surface area contributed by atoms with Gasteiger partial charge in [0.1, 0.15) is 5.82 Å². The molecule has 4 rings (SSSR count). The lowest BCUT2D eigenvalue weighted by Gasteiger charge is -2.17. The highest BCUT2D eigenvalue weighted by Gasteiger charge is 2.25. The summed E-state index contributed by atoms with van der Waals surface area (Å²) in [6.07, 6.45) is 3.58. The van der Waals surface area contributed by atoms with Crippen LogP contribution in [-0.4, -0.2) is 36.6 Å². The van der Waals surface area contributed by atoms with Crippen molar-refractivity contribution in [3.63, 3.8) is 0 Å². The van der Waals surface area contributed by atoms with Gasteiger partial charge in [-0.15, -0.1) is 0 Å². The largest absolute Gasteiger partial charge is 0.466 e. The van der Waals surface area contributed by atoms with Crippen molar-refractivity contribution in [3.8, 4) is 0 Å². The molecule has 1 aromatic heterocycles. The van der Waals surface area contributed by atoms with Crippen molar-refractivity contribution in [1.29, 1.82) is 0 Å². The number of esters is 1. The van der Waals surface area contributed by atoms with Crippen molar-refractivity contribution in [2.45, 2.75) is 32.1 Å². The van der Waals surface area contributed by atoms with E-state index in [9.17, 15) is 9.59 Å². The monoisotopic (exact) mass is 443 g/mol. The van der Waals surface area contributed by atoms with Gasteiger partial charge in [0.2, 0.25) is 0 Å². The minimum atomic E-state index is -0.170. The zero-order chi connectivity index (χ0) is 23.0. The van der Waals surface area contributed by atoms with Crippen LogP contribution in [0.1, 0.15) is 51.9 Å². The fraction of sp³-hybridized carbons (Fsp3) is 0.296. The van der Waals surface area contributed by atoms with E-state index in [1.165, 1.54) is 16.7 Å². The average Bonchev–Trinajstić information content (AvgIpc) is 2.98. The Bertz CT molecular complexity index is 1110. The number of fused-ring (bicyclic) bond motifs is 2. The number of anilines is 1. The molecule has 1 aliphatic rings. The molecule has 6 nitrogen and oxygen atoms in total. The van der Waals surface area contributed by atoms with Crippen molar-refractivity contribution < 1.29 is 14.3 Å². The van der Waals surface area contributed by atoms with Crippen LogP contribution in [0, 0.1) is 0 Å². The average molecular weight is 444 g/mol. The highest BCUT2D eigenvalue weighted by atomic mass is 16.5. The lowest BCUT2D eigenvalue weighted by Crippen LogP contribution is -2.29. The molecule has 33 heavy (non-hydrogen) atoms. The molecule has 0 aliphatic heterocycles. The maximum absolute atomic E-state index is 12.7. The molecule has 1 atom stereocenters. The molecule has 0 radical (unpaired) electrons. The first-order valence-electron chi connectivity index (χ1n) is 11.4. The maximum Gasteiger partial charge on any atom is 0.306 e. The lowest BCUT2D eigenvalue weighted by atomic mass is 9.89. The molecule has 0 fully saturated rings. The van der Waals surface area contributed by atoms with Crippen molar-refractivity contribution in [1.82, 2.24) is 10.3 Å². The molecule has 1 aliphatic carbocycles. The van der Waals surface area contributed by atoms with E-state index in [-0.39, 0.29) is 17.8 Å². The summed E-state index contributed by atoms with van der Waals surface area (Å²) in [7, 11) is 0. The number of aromatic nitrogens is 1. The van der Waals surface area contributed by atoms with E-state index in [2.05, 4.69) is 27.8 Å². The topological polar surface area (TPSA) is 80.3 Å². The first kappa shape index (κ1) is 22.5. The molecule has 1 amide bonds. The van der Waals surface area contributed by atoms with Gasteiger partial charge in [0.25, 0.3) is 5.91 Å². The number of ether oxygens (including phenoxy) is 1. The van der Waals surface area contributed by atoms with Crippen LogP contribution in [0.3, 0.4) is 0 Å². The number of benzene rings is 2. The van der Waals surface area contributed by atoms with Gasteiger partial charge in [0.15, 0.2) is 0 Å². The van der Waals surface area contributed by atoms with Crippen LogP contribution in [-0.2, 0) is 22.4 Å². The summed E-state index contributed by atoms with van der Waals surface area (Å²) in [6, 6.07) is 19.8. The van der Waals surface area contributed by atoms with Crippen LogP contribution >= 0.6 is 0 Å². The molecular formula is C27H29N3O3. The summed E-state index contributed by atoms with van der Waals surface area (Å²) >= 11 is 0. The number of rotatable bonds is 8. The number of carbonyl (C=O) groups excluding carboxylic acids is 2. The van der Waals surface area contributed by atoms with E-state index in [0.29, 0.717) is 31.7 Å². The number of pyridine rings is 1. The first-order valence-corrected chi connectivity index (χ1v) is 11.4. The van der Waals surface area contributed by atoms with E-state index in [0.717, 1.165) is 24.2 Å². The van der Waals surface area contributed by atoms with Gasteiger partial charge in [0, 0.05) is 24.8 Å². The Hall–Kier alpha value is -3.67. The molecular weight excluding hydrogens is 414 g/mol. The Labute approximate surface area is 194 Å². The number of nitrogens with zero attached hydrogens (tertiary/aromatic N) is 1. The minimum absolute atomic E-state index is 0.0684. The second-order valence-corrected chi connectivity index (χ2v) is 8.17. The molecule has 6 heteroatoms. The number of hydrogen-bond acceptors (Lipinski definition) is 5. The quantitative estimate of drug-likeness (QED) is 0.405. The summed E-state index contributed by atoms with van der Waals surface area (Å²) in [5, 5.41) is 6.16. The van der Waals surface area contributed by atoms with E-state index in [1.54, 1.807) is 6.20 Å². The van der Waals surface area contributed by atoms with Crippen molar-refractivity contribution in [3.05, 3.63) is 94.7 Å². The Morgan fingerprint density at radius 2 is 1.85 bits per heavy atom. The fourth-order valence-electron chi connectivity index (χ4n) is 4.34. The third-order valence-corrected chi connectivity index (χ3v) is 5.91. The van der Waals surface area contributed by atoms with Gasteiger partial charge in [-0.2, -0.15) is 0 Å². The lowest BCUT2D eigenvalue weighted by molar-refractivity contribution is -0.143. The van der Waals surface area contributed by atoms with Crippen molar-refractivity contribution >= 4 is 17.7 Å². The molecule has 1 heterocycles. The molecule has 0 spiro atoms. The van der Waals surface area contributed by atoms with Crippen LogP contribution in [0.5, 0.6) is 0 Å². The van der Waals surface area contributed by atoms with Gasteiger partial charge < -0.3 is 15.4 Å². The van der Waals surface area contributed by atoms with Gasteiger partial charge >= 0.3 is 5.97 Å². The van der Waals surface area contributed by atoms with Crippen LogP contribution in [0.25, 0.3) is 0 Å². The fourth-order valence-corrected chi connectivity index (χ4v) is 4.34. The molecule has 0 saturated carbocycles. The zero-order valence-electron chi connectivity index (χ0n) is 18.8. The van der Waals surface area contributed by atoms with Gasteiger partial charge in [-0.05, 0) is 72.2 Å². The Morgan fingerprint density at radius 3 is 2.67 bits per heavy atom. The smallest absolute Gasteiger partial charge is 0.306 e. The van der Waals surface area contributed by atoms with E-state index >= 15 is 0 Å². The molecule has 3 aromatic rings. The van der Waals surface area contributed by atoms with Crippen LogP contribution < -0.4 is 10.6 Å². The molecule has 170 valence electrons. The molecule has 2 aromatic carbocycles.